The Hall–Kier alpha value is -2.08. The molecule has 0 bridgehead atoms. The average molecular weight is 264 g/mol. The van der Waals surface area contributed by atoms with Crippen LogP contribution in [0, 0.1) is 5.41 Å². The van der Waals surface area contributed by atoms with Crippen LogP contribution in [0.4, 0.5) is 0 Å². The van der Waals surface area contributed by atoms with Crippen LogP contribution in [0.3, 0.4) is 0 Å². The molecule has 0 radical (unpaired) electrons. The minimum Gasteiger partial charge on any atom is -0.481 e. The van der Waals surface area contributed by atoms with Crippen molar-refractivity contribution in [3.8, 4) is 0 Å². The lowest BCUT2D eigenvalue weighted by atomic mass is 9.94. The molecule has 0 atom stereocenters. The number of fused-ring (bicyclic) bond motifs is 1. The second kappa shape index (κ2) is 4.89. The van der Waals surface area contributed by atoms with Gasteiger partial charge in [0.2, 0.25) is 0 Å². The van der Waals surface area contributed by atoms with E-state index in [1.807, 2.05) is 6.07 Å². The summed E-state index contributed by atoms with van der Waals surface area (Å²) in [6.07, 6.45) is 0. The largest absolute Gasteiger partial charge is 0.481 e. The molecule has 0 spiro atoms. The van der Waals surface area contributed by atoms with Crippen molar-refractivity contribution in [1.82, 2.24) is 10.3 Å². The number of rotatable bonds is 5. The van der Waals surface area contributed by atoms with Gasteiger partial charge in [-0.05, 0) is 31.5 Å². The van der Waals surface area contributed by atoms with E-state index in [2.05, 4.69) is 10.3 Å². The van der Waals surface area contributed by atoms with E-state index < -0.39 is 17.1 Å². The third-order valence-corrected chi connectivity index (χ3v) is 2.96. The minimum atomic E-state index is -0.838. The zero-order chi connectivity index (χ0) is 14.0. The Labute approximate surface area is 109 Å². The monoisotopic (exact) mass is 264 g/mol. The van der Waals surface area contributed by atoms with E-state index in [1.54, 1.807) is 26.0 Å². The molecule has 0 aliphatic heterocycles. The number of carboxylic acids is 1. The number of benzene rings is 1. The van der Waals surface area contributed by atoms with Gasteiger partial charge in [0.05, 0.1) is 10.9 Å². The van der Waals surface area contributed by atoms with Crippen LogP contribution >= 0.6 is 0 Å². The third kappa shape index (κ3) is 3.03. The molecule has 2 rings (SSSR count). The van der Waals surface area contributed by atoms with E-state index in [-0.39, 0.29) is 0 Å². The Bertz CT molecular complexity index is 654. The van der Waals surface area contributed by atoms with E-state index in [9.17, 15) is 9.59 Å². The fourth-order valence-corrected chi connectivity index (χ4v) is 1.70. The summed E-state index contributed by atoms with van der Waals surface area (Å²) in [5.41, 5.74) is 1.29. The van der Waals surface area contributed by atoms with Crippen molar-refractivity contribution >= 4 is 17.1 Å². The fourth-order valence-electron chi connectivity index (χ4n) is 1.70. The lowest BCUT2D eigenvalue weighted by molar-refractivity contribution is -0.146. The highest BCUT2D eigenvalue weighted by atomic mass is 16.4. The van der Waals surface area contributed by atoms with Crippen LogP contribution in [-0.4, -0.2) is 22.6 Å². The maximum Gasteiger partial charge on any atom is 0.417 e. The fraction of sp³-hybridized carbons (Fsp3) is 0.385. The van der Waals surface area contributed by atoms with Gasteiger partial charge in [-0.3, -0.25) is 9.78 Å². The first-order chi connectivity index (χ1) is 8.88. The quantitative estimate of drug-likeness (QED) is 0.757. The van der Waals surface area contributed by atoms with Gasteiger partial charge >= 0.3 is 11.7 Å². The van der Waals surface area contributed by atoms with Crippen molar-refractivity contribution in [2.75, 3.05) is 6.54 Å². The predicted molar refractivity (Wildman–Crippen MR) is 70.0 cm³/mol. The maximum absolute atomic E-state index is 11.0. The first kappa shape index (κ1) is 13.4. The summed E-state index contributed by atoms with van der Waals surface area (Å²) < 4.78 is 4.90. The summed E-state index contributed by atoms with van der Waals surface area (Å²) in [6, 6.07) is 5.35. The van der Waals surface area contributed by atoms with Gasteiger partial charge in [-0.15, -0.1) is 0 Å². The molecule has 0 saturated heterocycles. The van der Waals surface area contributed by atoms with E-state index in [4.69, 9.17) is 9.52 Å². The van der Waals surface area contributed by atoms with Crippen LogP contribution in [-0.2, 0) is 11.3 Å². The van der Waals surface area contributed by atoms with Gasteiger partial charge in [0, 0.05) is 13.1 Å². The highest BCUT2D eigenvalue weighted by molar-refractivity contribution is 5.74. The van der Waals surface area contributed by atoms with Gasteiger partial charge in [0.1, 0.15) is 0 Å². The second-order valence-corrected chi connectivity index (χ2v) is 5.14. The highest BCUT2D eigenvalue weighted by Crippen LogP contribution is 2.15. The summed E-state index contributed by atoms with van der Waals surface area (Å²) in [5.74, 6) is -1.32. The minimum absolute atomic E-state index is 0.363. The number of aromatic amines is 1. The van der Waals surface area contributed by atoms with Gasteiger partial charge in [-0.2, -0.15) is 0 Å². The molecule has 0 fully saturated rings. The van der Waals surface area contributed by atoms with E-state index in [0.717, 1.165) is 5.56 Å². The topological polar surface area (TPSA) is 95.3 Å². The Kier molecular flexibility index (Phi) is 3.44. The zero-order valence-electron chi connectivity index (χ0n) is 10.8. The number of oxazole rings is 1. The second-order valence-electron chi connectivity index (χ2n) is 5.14. The molecule has 3 N–H and O–H groups in total. The van der Waals surface area contributed by atoms with Crippen molar-refractivity contribution in [3.05, 3.63) is 34.3 Å². The molecular weight excluding hydrogens is 248 g/mol. The van der Waals surface area contributed by atoms with E-state index in [1.165, 1.54) is 0 Å². The Morgan fingerprint density at radius 2 is 2.21 bits per heavy atom. The van der Waals surface area contributed by atoms with Gasteiger partial charge in [0.15, 0.2) is 5.58 Å². The standard InChI is InChI=1S/C13H16N2O4/c1-13(2,11(16)17)7-14-6-8-3-4-10-9(5-8)15-12(18)19-10/h3-5,14H,6-7H2,1-2H3,(H,15,18)(H,16,17). The summed E-state index contributed by atoms with van der Waals surface area (Å²) >= 11 is 0. The first-order valence-electron chi connectivity index (χ1n) is 5.94. The number of hydrogen-bond acceptors (Lipinski definition) is 4. The number of hydrogen-bond donors (Lipinski definition) is 3. The molecule has 0 unspecified atom stereocenters. The van der Waals surface area contributed by atoms with Gasteiger partial charge < -0.3 is 14.8 Å². The van der Waals surface area contributed by atoms with Gasteiger partial charge in [0.25, 0.3) is 0 Å². The molecule has 1 aromatic carbocycles. The summed E-state index contributed by atoms with van der Waals surface area (Å²) in [5, 5.41) is 12.1. The third-order valence-electron chi connectivity index (χ3n) is 2.96. The average Bonchev–Trinajstić information content (AvgIpc) is 2.68. The smallest absolute Gasteiger partial charge is 0.417 e. The molecule has 1 aromatic heterocycles. The number of carboxylic acid groups (broad SMARTS) is 1. The Balaban J connectivity index is 2.02. The van der Waals surface area contributed by atoms with Crippen LogP contribution in [0.2, 0.25) is 0 Å². The number of aliphatic carboxylic acids is 1. The number of H-pyrrole nitrogens is 1. The summed E-state index contributed by atoms with van der Waals surface area (Å²) in [6.45, 7) is 4.22. The normalized spacial score (nSPS) is 11.9. The molecule has 0 aliphatic carbocycles. The molecule has 19 heavy (non-hydrogen) atoms. The van der Waals surface area contributed by atoms with Crippen LogP contribution in [0.5, 0.6) is 0 Å². The molecule has 2 aromatic rings. The van der Waals surface area contributed by atoms with E-state index in [0.29, 0.717) is 24.2 Å². The van der Waals surface area contributed by atoms with Gasteiger partial charge in [-0.1, -0.05) is 6.07 Å². The van der Waals surface area contributed by atoms with Crippen molar-refractivity contribution in [2.45, 2.75) is 20.4 Å². The molecule has 102 valence electrons. The molecule has 0 aliphatic rings. The van der Waals surface area contributed by atoms with Crippen molar-refractivity contribution in [2.24, 2.45) is 5.41 Å². The zero-order valence-corrected chi connectivity index (χ0v) is 10.8. The molecule has 6 heteroatoms. The van der Waals surface area contributed by atoms with Gasteiger partial charge in [-0.25, -0.2) is 4.79 Å². The van der Waals surface area contributed by atoms with Crippen LogP contribution < -0.4 is 11.1 Å². The van der Waals surface area contributed by atoms with Crippen molar-refractivity contribution in [3.63, 3.8) is 0 Å². The number of aromatic nitrogens is 1. The van der Waals surface area contributed by atoms with Crippen LogP contribution in [0.15, 0.2) is 27.4 Å². The molecule has 6 nitrogen and oxygen atoms in total. The number of nitrogens with one attached hydrogen (secondary N) is 2. The molecular formula is C13H16N2O4. The maximum atomic E-state index is 11.0. The first-order valence-corrected chi connectivity index (χ1v) is 5.94. The summed E-state index contributed by atoms with van der Waals surface area (Å²) in [7, 11) is 0. The van der Waals surface area contributed by atoms with Crippen LogP contribution in [0.25, 0.3) is 11.1 Å². The van der Waals surface area contributed by atoms with E-state index >= 15 is 0 Å². The van der Waals surface area contributed by atoms with Crippen molar-refractivity contribution in [1.29, 1.82) is 0 Å². The molecule has 1 heterocycles. The number of carbonyl (C=O) groups is 1. The Morgan fingerprint density at radius 1 is 1.47 bits per heavy atom. The molecule has 0 amide bonds. The SMILES string of the molecule is CC(C)(CNCc1ccc2oc(=O)[nH]c2c1)C(=O)O. The Morgan fingerprint density at radius 3 is 2.89 bits per heavy atom. The lowest BCUT2D eigenvalue weighted by Crippen LogP contribution is -2.35. The summed E-state index contributed by atoms with van der Waals surface area (Å²) in [4.78, 5) is 24.5. The van der Waals surface area contributed by atoms with Crippen LogP contribution in [0.1, 0.15) is 19.4 Å². The lowest BCUT2D eigenvalue weighted by Gasteiger charge is -2.19. The van der Waals surface area contributed by atoms with Crippen molar-refractivity contribution < 1.29 is 14.3 Å². The predicted octanol–water partition coefficient (Wildman–Crippen LogP) is 1.32. The molecule has 0 saturated carbocycles. The highest BCUT2D eigenvalue weighted by Gasteiger charge is 2.26.